The molecule has 3 rings (SSSR count). The van der Waals surface area contributed by atoms with E-state index in [0.29, 0.717) is 5.69 Å². The summed E-state index contributed by atoms with van der Waals surface area (Å²) >= 11 is 0. The molecule has 3 aromatic rings. The van der Waals surface area contributed by atoms with Gasteiger partial charge in [0.05, 0.1) is 16.7 Å². The highest BCUT2D eigenvalue weighted by Gasteiger charge is 2.10. The summed E-state index contributed by atoms with van der Waals surface area (Å²) in [7, 11) is 0. The highest BCUT2D eigenvalue weighted by Crippen LogP contribution is 2.18. The molecule has 0 spiro atoms. The van der Waals surface area contributed by atoms with Crippen LogP contribution in [0.1, 0.15) is 5.56 Å². The van der Waals surface area contributed by atoms with E-state index in [2.05, 4.69) is 4.98 Å². The number of nitrogens with zero attached hydrogens (tertiary/aromatic N) is 1. The Morgan fingerprint density at radius 2 is 1.94 bits per heavy atom. The molecule has 1 N–H and O–H groups in total. The first-order chi connectivity index (χ1) is 8.66. The molecule has 0 amide bonds. The number of para-hydroxylation sites is 2. The first-order valence-corrected chi connectivity index (χ1v) is 5.63. The minimum absolute atomic E-state index is 0.217. The fourth-order valence-electron chi connectivity index (χ4n) is 2.16. The first kappa shape index (κ1) is 10.8. The normalized spacial score (nSPS) is 11.0. The quantitative estimate of drug-likeness (QED) is 0.700. The molecule has 0 aliphatic carbocycles. The van der Waals surface area contributed by atoms with Gasteiger partial charge in [-0.05, 0) is 42.8 Å². The Balaban J connectivity index is 2.38. The second-order valence-electron chi connectivity index (χ2n) is 4.21. The van der Waals surface area contributed by atoms with Crippen molar-refractivity contribution in [1.29, 1.82) is 0 Å². The van der Waals surface area contributed by atoms with Crippen molar-refractivity contribution in [3.63, 3.8) is 0 Å². The summed E-state index contributed by atoms with van der Waals surface area (Å²) < 4.78 is 14.7. The molecule has 1 aromatic heterocycles. The molecule has 0 radical (unpaired) electrons. The van der Waals surface area contributed by atoms with Crippen molar-refractivity contribution in [2.45, 2.75) is 6.92 Å². The molecule has 90 valence electrons. The van der Waals surface area contributed by atoms with Crippen molar-refractivity contribution >= 4 is 11.0 Å². The molecule has 0 saturated heterocycles. The molecular formula is C14H11FN2O. The maximum atomic E-state index is 13.1. The third-order valence-electron chi connectivity index (χ3n) is 2.99. The standard InChI is InChI=1S/C14H11FN2O/c1-9-8-10(15)6-7-12(9)17-13-5-3-2-4-11(13)16-14(17)18/h2-8H,1H3,(H,16,18). The lowest BCUT2D eigenvalue weighted by Crippen LogP contribution is -2.15. The van der Waals surface area contributed by atoms with Gasteiger partial charge in [0, 0.05) is 0 Å². The number of hydrogen-bond acceptors (Lipinski definition) is 1. The van der Waals surface area contributed by atoms with Crippen LogP contribution in [-0.2, 0) is 0 Å². The lowest BCUT2D eigenvalue weighted by atomic mass is 10.2. The number of imidazole rings is 1. The van der Waals surface area contributed by atoms with Crippen molar-refractivity contribution in [2.75, 3.05) is 0 Å². The Morgan fingerprint density at radius 3 is 2.72 bits per heavy atom. The highest BCUT2D eigenvalue weighted by molar-refractivity contribution is 5.77. The second kappa shape index (κ2) is 3.84. The van der Waals surface area contributed by atoms with Crippen molar-refractivity contribution in [2.24, 2.45) is 0 Å². The van der Waals surface area contributed by atoms with E-state index in [4.69, 9.17) is 0 Å². The minimum atomic E-state index is -0.302. The molecule has 0 bridgehead atoms. The third-order valence-corrected chi connectivity index (χ3v) is 2.99. The number of fused-ring (bicyclic) bond motifs is 1. The zero-order chi connectivity index (χ0) is 12.7. The van der Waals surface area contributed by atoms with E-state index in [9.17, 15) is 9.18 Å². The maximum absolute atomic E-state index is 13.1. The van der Waals surface area contributed by atoms with Crippen LogP contribution in [0.5, 0.6) is 0 Å². The molecule has 0 unspecified atom stereocenters. The van der Waals surface area contributed by atoms with Crippen molar-refractivity contribution < 1.29 is 4.39 Å². The number of rotatable bonds is 1. The molecular weight excluding hydrogens is 231 g/mol. The number of H-pyrrole nitrogens is 1. The van der Waals surface area contributed by atoms with E-state index >= 15 is 0 Å². The van der Waals surface area contributed by atoms with Crippen LogP contribution in [-0.4, -0.2) is 9.55 Å². The zero-order valence-corrected chi connectivity index (χ0v) is 9.77. The summed E-state index contributed by atoms with van der Waals surface area (Å²) in [5.41, 5.74) is 2.76. The number of benzene rings is 2. The van der Waals surface area contributed by atoms with Gasteiger partial charge in [0.1, 0.15) is 5.82 Å². The molecule has 3 nitrogen and oxygen atoms in total. The molecule has 4 heteroatoms. The van der Waals surface area contributed by atoms with Crippen LogP contribution in [0.2, 0.25) is 0 Å². The fourth-order valence-corrected chi connectivity index (χ4v) is 2.16. The fraction of sp³-hybridized carbons (Fsp3) is 0.0714. The van der Waals surface area contributed by atoms with Crippen molar-refractivity contribution in [3.8, 4) is 5.69 Å². The molecule has 2 aromatic carbocycles. The number of aryl methyl sites for hydroxylation is 1. The Bertz CT molecular complexity index is 786. The van der Waals surface area contributed by atoms with Gasteiger partial charge in [-0.3, -0.25) is 4.57 Å². The van der Waals surface area contributed by atoms with E-state index in [1.54, 1.807) is 17.6 Å². The highest BCUT2D eigenvalue weighted by atomic mass is 19.1. The summed E-state index contributed by atoms with van der Waals surface area (Å²) in [6.07, 6.45) is 0. The Morgan fingerprint density at radius 1 is 1.17 bits per heavy atom. The van der Waals surface area contributed by atoms with Crippen LogP contribution in [0, 0.1) is 12.7 Å². The number of aromatic nitrogens is 2. The smallest absolute Gasteiger partial charge is 0.305 e. The largest absolute Gasteiger partial charge is 0.331 e. The molecule has 0 aliphatic heterocycles. The van der Waals surface area contributed by atoms with Gasteiger partial charge in [0.2, 0.25) is 0 Å². The van der Waals surface area contributed by atoms with Crippen LogP contribution in [0.15, 0.2) is 47.3 Å². The van der Waals surface area contributed by atoms with E-state index < -0.39 is 0 Å². The number of halogens is 1. The predicted molar refractivity (Wildman–Crippen MR) is 68.6 cm³/mol. The zero-order valence-electron chi connectivity index (χ0n) is 9.77. The van der Waals surface area contributed by atoms with Gasteiger partial charge >= 0.3 is 5.69 Å². The summed E-state index contributed by atoms with van der Waals surface area (Å²) in [5.74, 6) is -0.302. The van der Waals surface area contributed by atoms with E-state index in [0.717, 1.165) is 16.6 Å². The van der Waals surface area contributed by atoms with Gasteiger partial charge in [-0.25, -0.2) is 9.18 Å². The van der Waals surface area contributed by atoms with Gasteiger partial charge in [-0.1, -0.05) is 12.1 Å². The van der Waals surface area contributed by atoms with Crippen molar-refractivity contribution in [3.05, 3.63) is 64.3 Å². The van der Waals surface area contributed by atoms with Gasteiger partial charge in [0.25, 0.3) is 0 Å². The van der Waals surface area contributed by atoms with Gasteiger partial charge in [0.15, 0.2) is 0 Å². The van der Waals surface area contributed by atoms with Crippen LogP contribution in [0.3, 0.4) is 0 Å². The number of aromatic amines is 1. The molecule has 0 atom stereocenters. The summed E-state index contributed by atoms with van der Waals surface area (Å²) in [5, 5.41) is 0. The predicted octanol–water partition coefficient (Wildman–Crippen LogP) is 2.77. The van der Waals surface area contributed by atoms with Crippen LogP contribution >= 0.6 is 0 Å². The van der Waals surface area contributed by atoms with Crippen LogP contribution in [0.25, 0.3) is 16.7 Å². The summed E-state index contributed by atoms with van der Waals surface area (Å²) in [6.45, 7) is 1.78. The minimum Gasteiger partial charge on any atom is -0.305 e. The Labute approximate surface area is 103 Å². The van der Waals surface area contributed by atoms with Gasteiger partial charge in [-0.15, -0.1) is 0 Å². The SMILES string of the molecule is Cc1cc(F)ccc1-n1c(=O)[nH]c2ccccc21. The van der Waals surface area contributed by atoms with Gasteiger partial charge < -0.3 is 4.98 Å². The van der Waals surface area contributed by atoms with Crippen molar-refractivity contribution in [1.82, 2.24) is 9.55 Å². The third kappa shape index (κ3) is 1.54. The second-order valence-corrected chi connectivity index (χ2v) is 4.21. The Hall–Kier alpha value is -2.36. The molecule has 0 aliphatic rings. The number of hydrogen-bond donors (Lipinski definition) is 1. The first-order valence-electron chi connectivity index (χ1n) is 5.63. The maximum Gasteiger partial charge on any atom is 0.331 e. The summed E-state index contributed by atoms with van der Waals surface area (Å²) in [4.78, 5) is 14.8. The van der Waals surface area contributed by atoms with E-state index in [1.165, 1.54) is 12.1 Å². The topological polar surface area (TPSA) is 37.8 Å². The molecule has 1 heterocycles. The Kier molecular flexibility index (Phi) is 2.30. The molecule has 0 fully saturated rings. The van der Waals surface area contributed by atoms with Crippen LogP contribution < -0.4 is 5.69 Å². The molecule has 18 heavy (non-hydrogen) atoms. The average Bonchev–Trinajstić information content (AvgIpc) is 2.66. The number of nitrogens with one attached hydrogen (secondary N) is 1. The van der Waals surface area contributed by atoms with E-state index in [1.807, 2.05) is 24.3 Å². The van der Waals surface area contributed by atoms with Crippen LogP contribution in [0.4, 0.5) is 4.39 Å². The van der Waals surface area contributed by atoms with E-state index in [-0.39, 0.29) is 11.5 Å². The lowest BCUT2D eigenvalue weighted by Gasteiger charge is -2.07. The lowest BCUT2D eigenvalue weighted by molar-refractivity contribution is 0.626. The molecule has 0 saturated carbocycles. The van der Waals surface area contributed by atoms with Gasteiger partial charge in [-0.2, -0.15) is 0 Å². The summed E-state index contributed by atoms with van der Waals surface area (Å²) in [6, 6.07) is 11.8. The monoisotopic (exact) mass is 242 g/mol. The average molecular weight is 242 g/mol.